The van der Waals surface area contributed by atoms with Crippen LogP contribution in [0.15, 0.2) is 48.5 Å². The molecule has 0 aromatic heterocycles. The molecule has 1 aliphatic rings. The van der Waals surface area contributed by atoms with Gasteiger partial charge in [-0.2, -0.15) is 0 Å². The molecule has 1 fully saturated rings. The van der Waals surface area contributed by atoms with Crippen LogP contribution < -0.4 is 5.32 Å². The van der Waals surface area contributed by atoms with Crippen molar-refractivity contribution in [3.05, 3.63) is 69.7 Å². The summed E-state index contributed by atoms with van der Waals surface area (Å²) in [6.45, 7) is 4.09. The van der Waals surface area contributed by atoms with E-state index in [1.54, 1.807) is 0 Å². The van der Waals surface area contributed by atoms with Crippen molar-refractivity contribution in [2.24, 2.45) is 0 Å². The van der Waals surface area contributed by atoms with Crippen LogP contribution in [0.3, 0.4) is 0 Å². The van der Waals surface area contributed by atoms with Crippen LogP contribution in [-0.4, -0.2) is 31.1 Å². The number of hydrogen-bond donors (Lipinski definition) is 1. The molecule has 1 heterocycles. The lowest BCUT2D eigenvalue weighted by Crippen LogP contribution is -2.45. The van der Waals surface area contributed by atoms with Crippen LogP contribution >= 0.6 is 23.2 Å². The normalized spacial score (nSPS) is 17.6. The third-order valence-electron chi connectivity index (χ3n) is 3.87. The highest BCUT2D eigenvalue weighted by molar-refractivity contribution is 6.30. The minimum atomic E-state index is 0.225. The Morgan fingerprint density at radius 2 is 1.57 bits per heavy atom. The van der Waals surface area contributed by atoms with E-state index in [2.05, 4.69) is 34.5 Å². The van der Waals surface area contributed by atoms with Gasteiger partial charge in [0.15, 0.2) is 0 Å². The molecule has 0 amide bonds. The number of rotatable bonds is 3. The summed E-state index contributed by atoms with van der Waals surface area (Å²) < 4.78 is 0. The van der Waals surface area contributed by atoms with Gasteiger partial charge in [-0.25, -0.2) is 0 Å². The summed E-state index contributed by atoms with van der Waals surface area (Å²) in [4.78, 5) is 2.49. The van der Waals surface area contributed by atoms with E-state index in [-0.39, 0.29) is 6.04 Å². The Bertz CT molecular complexity index is 592. The van der Waals surface area contributed by atoms with Crippen molar-refractivity contribution in [2.45, 2.75) is 6.04 Å². The van der Waals surface area contributed by atoms with Crippen molar-refractivity contribution in [2.75, 3.05) is 26.2 Å². The number of nitrogens with zero attached hydrogens (tertiary/aromatic N) is 1. The molecule has 1 saturated heterocycles. The summed E-state index contributed by atoms with van der Waals surface area (Å²) >= 11 is 12.2. The van der Waals surface area contributed by atoms with Gasteiger partial charge in [0.2, 0.25) is 0 Å². The number of nitrogens with one attached hydrogen (secondary N) is 1. The van der Waals surface area contributed by atoms with Gasteiger partial charge in [-0.15, -0.1) is 0 Å². The predicted molar refractivity (Wildman–Crippen MR) is 89.2 cm³/mol. The standard InChI is InChI=1S/C17H18Cl2N2/c18-15-6-4-13(5-7-15)17(21-10-8-20-9-11-21)14-2-1-3-16(19)12-14/h1-7,12,17,20H,8-11H2. The largest absolute Gasteiger partial charge is 0.314 e. The molecule has 0 bridgehead atoms. The molecule has 2 aromatic rings. The quantitative estimate of drug-likeness (QED) is 0.920. The Morgan fingerprint density at radius 3 is 2.24 bits per heavy atom. The third-order valence-corrected chi connectivity index (χ3v) is 4.35. The van der Waals surface area contributed by atoms with Crippen molar-refractivity contribution in [3.63, 3.8) is 0 Å². The minimum absolute atomic E-state index is 0.225. The predicted octanol–water partition coefficient (Wildman–Crippen LogP) is 3.99. The molecule has 2 nitrogen and oxygen atoms in total. The van der Waals surface area contributed by atoms with E-state index in [1.807, 2.05) is 24.3 Å². The first kappa shape index (κ1) is 14.9. The molecule has 2 aromatic carbocycles. The molecule has 1 unspecified atom stereocenters. The van der Waals surface area contributed by atoms with Gasteiger partial charge in [-0.05, 0) is 35.4 Å². The molecule has 1 N–H and O–H groups in total. The second kappa shape index (κ2) is 6.80. The summed E-state index contributed by atoms with van der Waals surface area (Å²) in [6, 6.07) is 16.5. The van der Waals surface area contributed by atoms with Crippen molar-refractivity contribution < 1.29 is 0 Å². The van der Waals surface area contributed by atoms with E-state index in [0.29, 0.717) is 0 Å². The summed E-state index contributed by atoms with van der Waals surface area (Å²) in [5.74, 6) is 0. The number of halogens is 2. The van der Waals surface area contributed by atoms with Crippen LogP contribution in [0.2, 0.25) is 10.0 Å². The van der Waals surface area contributed by atoms with Crippen LogP contribution in [0.25, 0.3) is 0 Å². The molecule has 4 heteroatoms. The maximum absolute atomic E-state index is 6.19. The van der Waals surface area contributed by atoms with Crippen LogP contribution in [0.1, 0.15) is 17.2 Å². The molecule has 21 heavy (non-hydrogen) atoms. The molecular formula is C17H18Cl2N2. The molecule has 1 aliphatic heterocycles. The fourth-order valence-electron chi connectivity index (χ4n) is 2.88. The van der Waals surface area contributed by atoms with E-state index in [1.165, 1.54) is 11.1 Å². The highest BCUT2D eigenvalue weighted by atomic mass is 35.5. The second-order valence-corrected chi connectivity index (χ2v) is 6.17. The SMILES string of the molecule is Clc1ccc(C(c2cccc(Cl)c2)N2CCNCC2)cc1. The van der Waals surface area contributed by atoms with Gasteiger partial charge in [0.25, 0.3) is 0 Å². The first-order valence-corrected chi connectivity index (χ1v) is 7.95. The van der Waals surface area contributed by atoms with E-state index in [4.69, 9.17) is 23.2 Å². The van der Waals surface area contributed by atoms with Gasteiger partial charge < -0.3 is 5.32 Å². The first-order chi connectivity index (χ1) is 10.2. The van der Waals surface area contributed by atoms with Gasteiger partial charge in [0, 0.05) is 36.2 Å². The molecule has 0 radical (unpaired) electrons. The smallest absolute Gasteiger partial charge is 0.0603 e. The minimum Gasteiger partial charge on any atom is -0.314 e. The van der Waals surface area contributed by atoms with Crippen LogP contribution in [0.5, 0.6) is 0 Å². The maximum Gasteiger partial charge on any atom is 0.0603 e. The van der Waals surface area contributed by atoms with Crippen LogP contribution in [-0.2, 0) is 0 Å². The lowest BCUT2D eigenvalue weighted by molar-refractivity contribution is 0.198. The summed E-state index contributed by atoms with van der Waals surface area (Å²) in [6.07, 6.45) is 0. The molecule has 110 valence electrons. The Labute approximate surface area is 135 Å². The van der Waals surface area contributed by atoms with Gasteiger partial charge in [0.1, 0.15) is 0 Å². The summed E-state index contributed by atoms with van der Waals surface area (Å²) in [7, 11) is 0. The highest BCUT2D eigenvalue weighted by Crippen LogP contribution is 2.31. The molecule has 0 aliphatic carbocycles. The van der Waals surface area contributed by atoms with E-state index >= 15 is 0 Å². The number of benzene rings is 2. The Hall–Kier alpha value is -1.06. The van der Waals surface area contributed by atoms with Gasteiger partial charge in [0.05, 0.1) is 6.04 Å². The molecular weight excluding hydrogens is 303 g/mol. The third kappa shape index (κ3) is 3.58. The van der Waals surface area contributed by atoms with Gasteiger partial charge >= 0.3 is 0 Å². The van der Waals surface area contributed by atoms with Crippen LogP contribution in [0.4, 0.5) is 0 Å². The van der Waals surface area contributed by atoms with Crippen molar-refractivity contribution in [1.29, 1.82) is 0 Å². The zero-order chi connectivity index (χ0) is 14.7. The number of piperazine rings is 1. The Balaban J connectivity index is 1.99. The Kier molecular flexibility index (Phi) is 4.81. The highest BCUT2D eigenvalue weighted by Gasteiger charge is 2.23. The van der Waals surface area contributed by atoms with Gasteiger partial charge in [-0.1, -0.05) is 47.5 Å². The maximum atomic E-state index is 6.19. The lowest BCUT2D eigenvalue weighted by Gasteiger charge is -2.35. The van der Waals surface area contributed by atoms with Crippen LogP contribution in [0, 0.1) is 0 Å². The van der Waals surface area contributed by atoms with Crippen molar-refractivity contribution in [1.82, 2.24) is 10.2 Å². The molecule has 0 saturated carbocycles. The monoisotopic (exact) mass is 320 g/mol. The fourth-order valence-corrected chi connectivity index (χ4v) is 3.20. The zero-order valence-corrected chi connectivity index (χ0v) is 13.2. The average Bonchev–Trinajstić information content (AvgIpc) is 2.51. The lowest BCUT2D eigenvalue weighted by atomic mass is 9.96. The zero-order valence-electron chi connectivity index (χ0n) is 11.7. The Morgan fingerprint density at radius 1 is 0.857 bits per heavy atom. The summed E-state index contributed by atoms with van der Waals surface area (Å²) in [5, 5.41) is 4.95. The second-order valence-electron chi connectivity index (χ2n) is 5.30. The van der Waals surface area contributed by atoms with Crippen molar-refractivity contribution >= 4 is 23.2 Å². The van der Waals surface area contributed by atoms with Gasteiger partial charge in [-0.3, -0.25) is 4.90 Å². The summed E-state index contributed by atoms with van der Waals surface area (Å²) in [5.41, 5.74) is 2.48. The number of hydrogen-bond acceptors (Lipinski definition) is 2. The fraction of sp³-hybridized carbons (Fsp3) is 0.294. The molecule has 0 spiro atoms. The first-order valence-electron chi connectivity index (χ1n) is 7.20. The molecule has 3 rings (SSSR count). The molecule has 1 atom stereocenters. The van der Waals surface area contributed by atoms with E-state index < -0.39 is 0 Å². The average molecular weight is 321 g/mol. The van der Waals surface area contributed by atoms with E-state index in [9.17, 15) is 0 Å². The topological polar surface area (TPSA) is 15.3 Å². The van der Waals surface area contributed by atoms with E-state index in [0.717, 1.165) is 36.2 Å². The van der Waals surface area contributed by atoms with Crippen molar-refractivity contribution in [3.8, 4) is 0 Å².